The molecule has 2 heterocycles. The second kappa shape index (κ2) is 6.88. The average Bonchev–Trinajstić information content (AvgIpc) is 3.19. The Morgan fingerprint density at radius 3 is 2.71 bits per heavy atom. The van der Waals surface area contributed by atoms with E-state index in [1.54, 1.807) is 23.1 Å². The Morgan fingerprint density at radius 2 is 1.88 bits per heavy atom. The van der Waals surface area contributed by atoms with Crippen LogP contribution in [-0.4, -0.2) is 25.5 Å². The van der Waals surface area contributed by atoms with Crippen molar-refractivity contribution in [2.75, 3.05) is 5.75 Å². The summed E-state index contributed by atoms with van der Waals surface area (Å²) in [6, 6.07) is 18.3. The van der Waals surface area contributed by atoms with Gasteiger partial charge >= 0.3 is 0 Å². The number of para-hydroxylation sites is 1. The standard InChI is InChI=1S/C17H14N4S3/c22-16-20-19-15(12-6-2-1-3-7-12)21(16)10-11-23-17-18-13-8-4-5-9-14(13)24-17/h1-9H,10-11H2,(H,20,22). The zero-order valence-corrected chi connectivity index (χ0v) is 15.1. The number of thiazole rings is 1. The maximum Gasteiger partial charge on any atom is 0.195 e. The van der Waals surface area contributed by atoms with E-state index < -0.39 is 0 Å². The highest BCUT2D eigenvalue weighted by Crippen LogP contribution is 2.29. The van der Waals surface area contributed by atoms with Crippen molar-refractivity contribution in [1.29, 1.82) is 0 Å². The summed E-state index contributed by atoms with van der Waals surface area (Å²) in [5.74, 6) is 1.78. The van der Waals surface area contributed by atoms with Crippen LogP contribution in [0.25, 0.3) is 21.6 Å². The van der Waals surface area contributed by atoms with Gasteiger partial charge in [-0.1, -0.05) is 54.2 Å². The molecule has 1 N–H and O–H groups in total. The van der Waals surface area contributed by atoms with Crippen LogP contribution >= 0.6 is 35.3 Å². The third-order valence-corrected chi connectivity index (χ3v) is 6.08. The van der Waals surface area contributed by atoms with Gasteiger partial charge in [0.25, 0.3) is 0 Å². The number of aromatic amines is 1. The quantitative estimate of drug-likeness (QED) is 0.396. The SMILES string of the molecule is S=c1[nH]nc(-c2ccccc2)n1CCSc1nc2ccccc2s1. The summed E-state index contributed by atoms with van der Waals surface area (Å²) < 4.78 is 5.02. The van der Waals surface area contributed by atoms with Gasteiger partial charge in [-0.05, 0) is 24.4 Å². The third-order valence-electron chi connectivity index (χ3n) is 3.60. The first-order chi connectivity index (χ1) is 11.8. The molecule has 0 saturated heterocycles. The van der Waals surface area contributed by atoms with Gasteiger partial charge in [-0.2, -0.15) is 5.10 Å². The van der Waals surface area contributed by atoms with E-state index in [4.69, 9.17) is 12.2 Å². The largest absolute Gasteiger partial charge is 0.299 e. The van der Waals surface area contributed by atoms with Crippen molar-refractivity contribution < 1.29 is 0 Å². The van der Waals surface area contributed by atoms with Crippen molar-refractivity contribution in [3.05, 3.63) is 59.4 Å². The highest BCUT2D eigenvalue weighted by molar-refractivity contribution is 8.01. The minimum atomic E-state index is 0.652. The van der Waals surface area contributed by atoms with Crippen molar-refractivity contribution in [3.63, 3.8) is 0 Å². The van der Waals surface area contributed by atoms with Gasteiger partial charge in [-0.25, -0.2) is 4.98 Å². The maximum absolute atomic E-state index is 5.38. The molecule has 0 saturated carbocycles. The molecule has 2 aromatic heterocycles. The Hall–Kier alpha value is -1.96. The molecule has 0 atom stereocenters. The molecule has 0 amide bonds. The Balaban J connectivity index is 1.50. The molecule has 4 aromatic rings. The van der Waals surface area contributed by atoms with Gasteiger partial charge in [0.05, 0.1) is 10.2 Å². The van der Waals surface area contributed by atoms with E-state index in [0.717, 1.165) is 33.5 Å². The molecule has 24 heavy (non-hydrogen) atoms. The minimum absolute atomic E-state index is 0.652. The second-order valence-electron chi connectivity index (χ2n) is 5.17. The van der Waals surface area contributed by atoms with Gasteiger partial charge in [-0.15, -0.1) is 11.3 Å². The van der Waals surface area contributed by atoms with Crippen LogP contribution in [0.2, 0.25) is 0 Å². The average molecular weight is 371 g/mol. The molecular formula is C17H14N4S3. The van der Waals surface area contributed by atoms with Crippen LogP contribution in [0.3, 0.4) is 0 Å². The fraction of sp³-hybridized carbons (Fsp3) is 0.118. The number of fused-ring (bicyclic) bond motifs is 1. The topological polar surface area (TPSA) is 46.5 Å². The fourth-order valence-corrected chi connectivity index (χ4v) is 4.76. The van der Waals surface area contributed by atoms with E-state index in [1.807, 2.05) is 47.0 Å². The molecule has 0 aliphatic carbocycles. The predicted molar refractivity (Wildman–Crippen MR) is 103 cm³/mol. The van der Waals surface area contributed by atoms with Crippen molar-refractivity contribution in [2.45, 2.75) is 10.9 Å². The molecule has 0 bridgehead atoms. The summed E-state index contributed by atoms with van der Waals surface area (Å²) in [5, 5.41) is 7.27. The molecule has 4 rings (SSSR count). The van der Waals surface area contributed by atoms with Crippen molar-refractivity contribution in [3.8, 4) is 11.4 Å². The molecule has 2 aromatic carbocycles. The van der Waals surface area contributed by atoms with E-state index in [2.05, 4.69) is 27.3 Å². The molecule has 0 fully saturated rings. The van der Waals surface area contributed by atoms with E-state index in [9.17, 15) is 0 Å². The van der Waals surface area contributed by atoms with Crippen molar-refractivity contribution in [2.24, 2.45) is 0 Å². The molecule has 0 spiro atoms. The summed E-state index contributed by atoms with van der Waals surface area (Å²) in [6.45, 7) is 0.792. The summed E-state index contributed by atoms with van der Waals surface area (Å²) in [5.41, 5.74) is 2.13. The number of hydrogen-bond acceptors (Lipinski definition) is 5. The molecule has 7 heteroatoms. The summed E-state index contributed by atoms with van der Waals surface area (Å²) >= 11 is 8.87. The van der Waals surface area contributed by atoms with Crippen LogP contribution in [0.15, 0.2) is 58.9 Å². The van der Waals surface area contributed by atoms with Crippen LogP contribution in [0.1, 0.15) is 0 Å². The Labute approximate surface area is 152 Å². The third kappa shape index (κ3) is 3.15. The second-order valence-corrected chi connectivity index (χ2v) is 7.93. The molecule has 4 nitrogen and oxygen atoms in total. The van der Waals surface area contributed by atoms with Crippen molar-refractivity contribution >= 4 is 45.5 Å². The first-order valence-corrected chi connectivity index (χ1v) is 9.71. The molecule has 0 unspecified atom stereocenters. The number of thioether (sulfide) groups is 1. The first-order valence-electron chi connectivity index (χ1n) is 7.50. The number of nitrogens with zero attached hydrogens (tertiary/aromatic N) is 3. The number of aromatic nitrogens is 4. The number of nitrogens with one attached hydrogen (secondary N) is 1. The summed E-state index contributed by atoms with van der Waals surface area (Å²) in [6.07, 6.45) is 0. The summed E-state index contributed by atoms with van der Waals surface area (Å²) in [7, 11) is 0. The van der Waals surface area contributed by atoms with Gasteiger partial charge in [0.15, 0.2) is 14.9 Å². The zero-order chi connectivity index (χ0) is 16.4. The van der Waals surface area contributed by atoms with E-state index in [1.165, 1.54) is 4.70 Å². The van der Waals surface area contributed by atoms with Crippen LogP contribution in [0.4, 0.5) is 0 Å². The Bertz CT molecular complexity index is 984. The Morgan fingerprint density at radius 1 is 1.08 bits per heavy atom. The molecule has 0 aliphatic heterocycles. The molecule has 0 aliphatic rings. The molecule has 0 radical (unpaired) electrons. The van der Waals surface area contributed by atoms with Gasteiger partial charge in [0.1, 0.15) is 0 Å². The normalized spacial score (nSPS) is 11.2. The van der Waals surface area contributed by atoms with Gasteiger partial charge in [0, 0.05) is 17.9 Å². The van der Waals surface area contributed by atoms with Crippen LogP contribution in [-0.2, 0) is 6.54 Å². The minimum Gasteiger partial charge on any atom is -0.299 e. The van der Waals surface area contributed by atoms with Gasteiger partial charge in [0.2, 0.25) is 0 Å². The number of benzene rings is 2. The smallest absolute Gasteiger partial charge is 0.195 e. The fourth-order valence-electron chi connectivity index (χ4n) is 2.47. The van der Waals surface area contributed by atoms with Crippen LogP contribution < -0.4 is 0 Å². The van der Waals surface area contributed by atoms with Gasteiger partial charge < -0.3 is 0 Å². The van der Waals surface area contributed by atoms with Gasteiger partial charge in [-0.3, -0.25) is 9.67 Å². The molecular weight excluding hydrogens is 356 g/mol. The zero-order valence-electron chi connectivity index (χ0n) is 12.7. The lowest BCUT2D eigenvalue weighted by molar-refractivity contribution is 0.764. The lowest BCUT2D eigenvalue weighted by atomic mass is 10.2. The van der Waals surface area contributed by atoms with E-state index in [0.29, 0.717) is 4.77 Å². The highest BCUT2D eigenvalue weighted by Gasteiger charge is 2.09. The Kier molecular flexibility index (Phi) is 4.46. The number of H-pyrrole nitrogens is 1. The monoisotopic (exact) mass is 370 g/mol. The van der Waals surface area contributed by atoms with E-state index >= 15 is 0 Å². The molecule has 120 valence electrons. The predicted octanol–water partition coefficient (Wildman–Crippen LogP) is 5.01. The number of rotatable bonds is 5. The van der Waals surface area contributed by atoms with Crippen molar-refractivity contribution in [1.82, 2.24) is 19.7 Å². The summed E-state index contributed by atoms with van der Waals surface area (Å²) in [4.78, 5) is 4.66. The maximum atomic E-state index is 5.38. The van der Waals surface area contributed by atoms with Crippen LogP contribution in [0.5, 0.6) is 0 Å². The first kappa shape index (κ1) is 15.6. The van der Waals surface area contributed by atoms with Crippen LogP contribution in [0, 0.1) is 4.77 Å². The van der Waals surface area contributed by atoms with E-state index in [-0.39, 0.29) is 0 Å². The highest BCUT2D eigenvalue weighted by atomic mass is 32.2. The number of hydrogen-bond donors (Lipinski definition) is 1. The lowest BCUT2D eigenvalue weighted by Gasteiger charge is -2.05. The lowest BCUT2D eigenvalue weighted by Crippen LogP contribution is -2.03.